The lowest BCUT2D eigenvalue weighted by Crippen LogP contribution is -2.49. The smallest absolute Gasteiger partial charge is 0.330 e. The Kier molecular flexibility index (Phi) is 6.91. The number of benzene rings is 4. The van der Waals surface area contributed by atoms with Crippen molar-refractivity contribution in [3.8, 4) is 22.3 Å². The summed E-state index contributed by atoms with van der Waals surface area (Å²) in [4.78, 5) is 5.46. The number of hydrogen-bond acceptors (Lipinski definition) is 3. The Morgan fingerprint density at radius 3 is 2.12 bits per heavy atom. The summed E-state index contributed by atoms with van der Waals surface area (Å²) < 4.78 is 6.11. The van der Waals surface area contributed by atoms with Gasteiger partial charge in [-0.25, -0.2) is 0 Å². The molecule has 1 radical (unpaired) electrons. The van der Waals surface area contributed by atoms with Crippen molar-refractivity contribution < 1.29 is 9.76 Å². The van der Waals surface area contributed by atoms with Crippen LogP contribution in [0.1, 0.15) is 52.7 Å². The van der Waals surface area contributed by atoms with Crippen molar-refractivity contribution in [2.75, 3.05) is 4.90 Å². The van der Waals surface area contributed by atoms with Crippen LogP contribution in [0.2, 0.25) is 0 Å². The van der Waals surface area contributed by atoms with Crippen LogP contribution >= 0.6 is 0 Å². The molecule has 1 aliphatic carbocycles. The molecule has 5 heteroatoms. The van der Waals surface area contributed by atoms with Crippen molar-refractivity contribution in [2.45, 2.75) is 58.2 Å². The minimum atomic E-state index is -0.997. The number of aromatic amines is 1. The normalized spacial score (nSPS) is 13.9. The van der Waals surface area contributed by atoms with E-state index in [4.69, 9.17) is 4.65 Å². The number of H-pyrrole nitrogens is 1. The molecule has 1 aromatic heterocycles. The van der Waals surface area contributed by atoms with E-state index in [0.29, 0.717) is 0 Å². The van der Waals surface area contributed by atoms with E-state index in [2.05, 4.69) is 115 Å². The lowest BCUT2D eigenvalue weighted by Gasteiger charge is -2.37. The Morgan fingerprint density at radius 1 is 0.714 bits per heavy atom. The number of aromatic nitrogens is 1. The summed E-state index contributed by atoms with van der Waals surface area (Å²) in [6.07, 6.45) is 3.96. The quantitative estimate of drug-likeness (QED) is 0.190. The summed E-state index contributed by atoms with van der Waals surface area (Å²) in [6, 6.07) is 34.7. The zero-order chi connectivity index (χ0) is 29.7. The van der Waals surface area contributed by atoms with Gasteiger partial charge in [0.25, 0.3) is 0 Å². The third-order valence-electron chi connectivity index (χ3n) is 8.97. The van der Waals surface area contributed by atoms with Crippen LogP contribution in [0.4, 0.5) is 17.1 Å². The second-order valence-corrected chi connectivity index (χ2v) is 12.8. The monoisotopic (exact) mass is 553 g/mol. The van der Waals surface area contributed by atoms with Gasteiger partial charge in [-0.15, -0.1) is 0 Å². The average Bonchev–Trinajstić information content (AvgIpc) is 3.58. The van der Waals surface area contributed by atoms with Crippen LogP contribution in [-0.2, 0) is 10.1 Å². The van der Waals surface area contributed by atoms with Crippen LogP contribution in [0.25, 0.3) is 22.3 Å². The number of nitrogens with zero attached hydrogens (tertiary/aromatic N) is 1. The third-order valence-corrected chi connectivity index (χ3v) is 8.97. The molecule has 0 spiro atoms. The fourth-order valence-electron chi connectivity index (χ4n) is 5.68. The van der Waals surface area contributed by atoms with Crippen molar-refractivity contribution in [2.24, 2.45) is 0 Å². The Morgan fingerprint density at radius 2 is 1.40 bits per heavy atom. The summed E-state index contributed by atoms with van der Waals surface area (Å²) in [5, 5.41) is 10.6. The van der Waals surface area contributed by atoms with Crippen molar-refractivity contribution >= 4 is 30.0 Å². The molecule has 4 aromatic carbocycles. The lowest BCUT2D eigenvalue weighted by atomic mass is 9.82. The van der Waals surface area contributed by atoms with E-state index in [0.717, 1.165) is 33.7 Å². The van der Waals surface area contributed by atoms with Crippen molar-refractivity contribution in [1.29, 1.82) is 0 Å². The molecule has 211 valence electrons. The molecule has 0 unspecified atom stereocenters. The third kappa shape index (κ3) is 4.97. The molecule has 0 fully saturated rings. The zero-order valence-electron chi connectivity index (χ0n) is 25.3. The van der Waals surface area contributed by atoms with Crippen LogP contribution in [0.15, 0.2) is 109 Å². The molecule has 0 amide bonds. The van der Waals surface area contributed by atoms with Crippen LogP contribution in [0.5, 0.6) is 0 Å². The first-order valence-electron chi connectivity index (χ1n) is 14.6. The molecule has 0 saturated heterocycles. The fourth-order valence-corrected chi connectivity index (χ4v) is 5.68. The first-order valence-corrected chi connectivity index (χ1v) is 14.6. The van der Waals surface area contributed by atoms with Gasteiger partial charge < -0.3 is 19.6 Å². The maximum atomic E-state index is 10.6. The molecule has 42 heavy (non-hydrogen) atoms. The highest BCUT2D eigenvalue weighted by molar-refractivity contribution is 6.47. The Labute approximate surface area is 250 Å². The minimum absolute atomic E-state index is 0.0993. The summed E-state index contributed by atoms with van der Waals surface area (Å²) >= 11 is 0. The summed E-state index contributed by atoms with van der Waals surface area (Å²) in [6.45, 7) is 12.0. The van der Waals surface area contributed by atoms with Gasteiger partial charge >= 0.3 is 7.48 Å². The number of anilines is 3. The molecular weight excluding hydrogens is 515 g/mol. The highest BCUT2D eigenvalue weighted by Crippen LogP contribution is 2.50. The van der Waals surface area contributed by atoms with E-state index in [9.17, 15) is 5.11 Å². The number of hydrogen-bond donors (Lipinski definition) is 2. The van der Waals surface area contributed by atoms with Crippen LogP contribution < -0.4 is 10.4 Å². The molecule has 0 aliphatic heterocycles. The second-order valence-electron chi connectivity index (χ2n) is 12.8. The predicted molar refractivity (Wildman–Crippen MR) is 175 cm³/mol. The van der Waals surface area contributed by atoms with E-state index < -0.39 is 11.2 Å². The summed E-state index contributed by atoms with van der Waals surface area (Å²) in [7, 11) is 1.75. The van der Waals surface area contributed by atoms with Gasteiger partial charge in [0.05, 0.1) is 11.2 Å². The highest BCUT2D eigenvalue weighted by atomic mass is 16.5. The Balaban J connectivity index is 1.42. The number of aliphatic hydroxyl groups is 1. The maximum Gasteiger partial charge on any atom is 0.330 e. The summed E-state index contributed by atoms with van der Waals surface area (Å²) in [5.74, 6) is 0. The van der Waals surface area contributed by atoms with E-state index in [1.165, 1.54) is 22.3 Å². The summed E-state index contributed by atoms with van der Waals surface area (Å²) in [5.41, 5.74) is 9.89. The number of rotatable bonds is 8. The zero-order valence-corrected chi connectivity index (χ0v) is 25.3. The van der Waals surface area contributed by atoms with Crippen LogP contribution in [0.3, 0.4) is 0 Å². The molecule has 0 saturated carbocycles. The lowest BCUT2D eigenvalue weighted by molar-refractivity contribution is -0.0893. The topological polar surface area (TPSA) is 48.5 Å². The molecule has 0 bridgehead atoms. The first kappa shape index (κ1) is 28.1. The molecule has 6 rings (SSSR count). The minimum Gasteiger partial charge on any atom is -0.427 e. The van der Waals surface area contributed by atoms with E-state index >= 15 is 0 Å². The largest absolute Gasteiger partial charge is 0.427 e. The van der Waals surface area contributed by atoms with E-state index in [1.807, 2.05) is 32.3 Å². The number of fused-ring (bicyclic) bond motifs is 3. The average molecular weight is 554 g/mol. The Bertz CT molecular complexity index is 1710. The maximum absolute atomic E-state index is 10.6. The van der Waals surface area contributed by atoms with Gasteiger partial charge in [-0.3, -0.25) is 0 Å². The number of nitrogens with one attached hydrogen (secondary N) is 1. The molecule has 2 N–H and O–H groups in total. The molecule has 5 aromatic rings. The van der Waals surface area contributed by atoms with Gasteiger partial charge in [-0.1, -0.05) is 73.9 Å². The standard InChI is InChI=1S/C37H38BN2O2/c1-35(2)33-13-8-7-12-31(33)32-19-18-30(23-34(32)35)40(28-16-14-25(15-17-28)26-20-21-39-24-26)29-11-9-10-27(22-29)38-42-37(5,6)36(3,4)41/h7-24,39,41H,1-6H3. The van der Waals surface area contributed by atoms with Gasteiger partial charge in [0.1, 0.15) is 0 Å². The van der Waals surface area contributed by atoms with Gasteiger partial charge in [-0.2, -0.15) is 0 Å². The molecule has 0 atom stereocenters. The van der Waals surface area contributed by atoms with E-state index in [-0.39, 0.29) is 5.41 Å². The van der Waals surface area contributed by atoms with Crippen molar-refractivity contribution in [3.63, 3.8) is 0 Å². The van der Waals surface area contributed by atoms with Gasteiger partial charge in [0.2, 0.25) is 0 Å². The Hall–Kier alpha value is -4.06. The first-order chi connectivity index (χ1) is 20.0. The predicted octanol–water partition coefficient (Wildman–Crippen LogP) is 8.27. The molecule has 4 nitrogen and oxygen atoms in total. The van der Waals surface area contributed by atoms with Crippen LogP contribution in [0, 0.1) is 0 Å². The van der Waals surface area contributed by atoms with Gasteiger partial charge in [-0.05, 0) is 104 Å². The van der Waals surface area contributed by atoms with Crippen molar-refractivity contribution in [3.05, 3.63) is 121 Å². The SMILES string of the molecule is CC1(C)c2ccccc2-c2ccc(N(c3ccc(-c4cc[nH]c4)cc3)c3cccc([B]OC(C)(C)C(C)(C)O)c3)cc21. The molecular formula is C37H38BN2O2. The molecule has 1 heterocycles. The van der Waals surface area contributed by atoms with Gasteiger partial charge in [0, 0.05) is 34.9 Å². The van der Waals surface area contributed by atoms with E-state index in [1.54, 1.807) is 21.3 Å². The highest BCUT2D eigenvalue weighted by Gasteiger charge is 2.37. The second kappa shape index (κ2) is 10.3. The van der Waals surface area contributed by atoms with Gasteiger partial charge in [0.15, 0.2) is 0 Å². The van der Waals surface area contributed by atoms with Crippen molar-refractivity contribution in [1.82, 2.24) is 4.98 Å². The molecule has 1 aliphatic rings. The van der Waals surface area contributed by atoms with Crippen LogP contribution in [-0.4, -0.2) is 28.8 Å². The fraction of sp³-hybridized carbons (Fsp3) is 0.243.